The van der Waals surface area contributed by atoms with Crippen molar-refractivity contribution in [1.29, 1.82) is 0 Å². The number of pyridine rings is 1. The minimum Gasteiger partial charge on any atom is -0.379 e. The SMILES string of the molecule is S=C(NC1CCCC1)N(CCN1CCOCC1)Cc1ccncc1. The van der Waals surface area contributed by atoms with E-state index in [1.165, 1.54) is 31.2 Å². The van der Waals surface area contributed by atoms with E-state index in [0.29, 0.717) is 6.04 Å². The first-order valence-electron chi connectivity index (χ1n) is 9.06. The van der Waals surface area contributed by atoms with Gasteiger partial charge in [-0.25, -0.2) is 0 Å². The zero-order valence-electron chi connectivity index (χ0n) is 14.3. The third-order valence-electron chi connectivity index (χ3n) is 4.88. The Morgan fingerprint density at radius 3 is 2.67 bits per heavy atom. The number of morpholine rings is 1. The maximum absolute atomic E-state index is 5.73. The molecule has 1 aliphatic heterocycles. The minimum atomic E-state index is 0.556. The van der Waals surface area contributed by atoms with Gasteiger partial charge in [0.2, 0.25) is 0 Å². The molecule has 0 amide bonds. The van der Waals surface area contributed by atoms with E-state index >= 15 is 0 Å². The summed E-state index contributed by atoms with van der Waals surface area (Å²) in [6.07, 6.45) is 8.82. The summed E-state index contributed by atoms with van der Waals surface area (Å²) in [5.41, 5.74) is 1.25. The van der Waals surface area contributed by atoms with Crippen molar-refractivity contribution in [2.45, 2.75) is 38.3 Å². The van der Waals surface area contributed by atoms with E-state index in [-0.39, 0.29) is 0 Å². The van der Waals surface area contributed by atoms with Gasteiger partial charge in [0.15, 0.2) is 5.11 Å². The molecule has 1 saturated carbocycles. The zero-order valence-corrected chi connectivity index (χ0v) is 15.1. The Labute approximate surface area is 150 Å². The van der Waals surface area contributed by atoms with Crippen molar-refractivity contribution in [3.05, 3.63) is 30.1 Å². The van der Waals surface area contributed by atoms with E-state index in [1.54, 1.807) is 0 Å². The predicted molar refractivity (Wildman–Crippen MR) is 99.9 cm³/mol. The lowest BCUT2D eigenvalue weighted by molar-refractivity contribution is 0.0357. The van der Waals surface area contributed by atoms with Crippen LogP contribution in [0, 0.1) is 0 Å². The van der Waals surface area contributed by atoms with Gasteiger partial charge in [-0.3, -0.25) is 9.88 Å². The summed E-state index contributed by atoms with van der Waals surface area (Å²) in [5.74, 6) is 0. The molecule has 1 aromatic rings. The van der Waals surface area contributed by atoms with Crippen molar-refractivity contribution in [3.63, 3.8) is 0 Å². The van der Waals surface area contributed by atoms with E-state index in [4.69, 9.17) is 17.0 Å². The first-order valence-corrected chi connectivity index (χ1v) is 9.46. The Hall–Kier alpha value is -1.24. The van der Waals surface area contributed by atoms with Gasteiger partial charge in [-0.15, -0.1) is 0 Å². The van der Waals surface area contributed by atoms with Gasteiger partial charge in [-0.1, -0.05) is 12.8 Å². The molecule has 2 aliphatic rings. The first-order chi connectivity index (χ1) is 11.8. The molecule has 1 aromatic heterocycles. The number of nitrogens with one attached hydrogen (secondary N) is 1. The Morgan fingerprint density at radius 2 is 1.96 bits per heavy atom. The van der Waals surface area contributed by atoms with Gasteiger partial charge in [0, 0.05) is 51.2 Å². The van der Waals surface area contributed by atoms with Gasteiger partial charge in [0.25, 0.3) is 0 Å². The number of thiocarbonyl (C=S) groups is 1. The fourth-order valence-corrected chi connectivity index (χ4v) is 3.71. The number of nitrogens with zero attached hydrogens (tertiary/aromatic N) is 3. The standard InChI is InChI=1S/C18H28N4OS/c24-18(20-17-3-1-2-4-17)22(15-16-5-7-19-8-6-16)10-9-21-11-13-23-14-12-21/h5-8,17H,1-4,9-15H2,(H,20,24). The molecule has 0 aromatic carbocycles. The molecule has 1 saturated heterocycles. The fraction of sp³-hybridized carbons (Fsp3) is 0.667. The van der Waals surface area contributed by atoms with Crippen LogP contribution >= 0.6 is 12.2 Å². The van der Waals surface area contributed by atoms with Crippen molar-refractivity contribution in [1.82, 2.24) is 20.1 Å². The highest BCUT2D eigenvalue weighted by Crippen LogP contribution is 2.18. The monoisotopic (exact) mass is 348 g/mol. The van der Waals surface area contributed by atoms with Crippen LogP contribution < -0.4 is 5.32 Å². The van der Waals surface area contributed by atoms with Crippen LogP contribution in [-0.4, -0.2) is 65.3 Å². The molecule has 2 heterocycles. The van der Waals surface area contributed by atoms with Gasteiger partial charge < -0.3 is 15.0 Å². The molecule has 2 fully saturated rings. The molecule has 0 unspecified atom stereocenters. The third-order valence-corrected chi connectivity index (χ3v) is 5.26. The summed E-state index contributed by atoms with van der Waals surface area (Å²) in [6, 6.07) is 4.70. The highest BCUT2D eigenvalue weighted by Gasteiger charge is 2.19. The van der Waals surface area contributed by atoms with Gasteiger partial charge >= 0.3 is 0 Å². The van der Waals surface area contributed by atoms with Crippen molar-refractivity contribution >= 4 is 17.3 Å². The quantitative estimate of drug-likeness (QED) is 0.794. The van der Waals surface area contributed by atoms with Gasteiger partial charge in [-0.2, -0.15) is 0 Å². The van der Waals surface area contributed by atoms with Crippen LogP contribution in [0.15, 0.2) is 24.5 Å². The van der Waals surface area contributed by atoms with Gasteiger partial charge in [0.1, 0.15) is 0 Å². The number of aromatic nitrogens is 1. The second-order valence-electron chi connectivity index (χ2n) is 6.66. The maximum Gasteiger partial charge on any atom is 0.169 e. The van der Waals surface area contributed by atoms with E-state index in [1.807, 2.05) is 12.4 Å². The van der Waals surface area contributed by atoms with Crippen LogP contribution in [0.25, 0.3) is 0 Å². The second-order valence-corrected chi connectivity index (χ2v) is 7.05. The number of hydrogen-bond acceptors (Lipinski definition) is 4. The molecule has 5 nitrogen and oxygen atoms in total. The maximum atomic E-state index is 5.73. The van der Waals surface area contributed by atoms with Crippen LogP contribution in [0.5, 0.6) is 0 Å². The fourth-order valence-electron chi connectivity index (χ4n) is 3.38. The molecule has 0 atom stereocenters. The van der Waals surface area contributed by atoms with Crippen molar-refractivity contribution in [2.75, 3.05) is 39.4 Å². The molecule has 1 N–H and O–H groups in total. The van der Waals surface area contributed by atoms with Crippen LogP contribution in [-0.2, 0) is 11.3 Å². The predicted octanol–water partition coefficient (Wildman–Crippen LogP) is 2.03. The van der Waals surface area contributed by atoms with Crippen molar-refractivity contribution < 1.29 is 4.74 Å². The van der Waals surface area contributed by atoms with E-state index in [9.17, 15) is 0 Å². The van der Waals surface area contributed by atoms with E-state index < -0.39 is 0 Å². The van der Waals surface area contributed by atoms with Gasteiger partial charge in [-0.05, 0) is 42.8 Å². The Morgan fingerprint density at radius 1 is 1.25 bits per heavy atom. The van der Waals surface area contributed by atoms with Crippen molar-refractivity contribution in [2.24, 2.45) is 0 Å². The summed E-state index contributed by atoms with van der Waals surface area (Å²) in [4.78, 5) is 8.87. The molecular weight excluding hydrogens is 320 g/mol. The molecule has 1 aliphatic carbocycles. The number of rotatable bonds is 6. The Kier molecular flexibility index (Phi) is 6.81. The minimum absolute atomic E-state index is 0.556. The molecule has 132 valence electrons. The van der Waals surface area contributed by atoms with Crippen molar-refractivity contribution in [3.8, 4) is 0 Å². The Bertz CT molecular complexity index is 501. The second kappa shape index (κ2) is 9.30. The van der Waals surface area contributed by atoms with Crippen LogP contribution in [0.3, 0.4) is 0 Å². The average molecular weight is 349 g/mol. The number of ether oxygens (including phenoxy) is 1. The lowest BCUT2D eigenvalue weighted by atomic mass is 10.2. The normalized spacial score (nSPS) is 19.3. The largest absolute Gasteiger partial charge is 0.379 e. The average Bonchev–Trinajstić information content (AvgIpc) is 3.13. The van der Waals surface area contributed by atoms with Crippen LogP contribution in [0.4, 0.5) is 0 Å². The molecule has 0 bridgehead atoms. The van der Waals surface area contributed by atoms with Crippen LogP contribution in [0.2, 0.25) is 0 Å². The summed E-state index contributed by atoms with van der Waals surface area (Å²) >= 11 is 5.73. The zero-order chi connectivity index (χ0) is 16.6. The molecule has 3 rings (SSSR count). The summed E-state index contributed by atoms with van der Waals surface area (Å²) in [5, 5.41) is 4.48. The smallest absolute Gasteiger partial charge is 0.169 e. The molecule has 0 radical (unpaired) electrons. The lowest BCUT2D eigenvalue weighted by Crippen LogP contribution is -2.47. The summed E-state index contributed by atoms with van der Waals surface area (Å²) in [7, 11) is 0. The number of hydrogen-bond donors (Lipinski definition) is 1. The topological polar surface area (TPSA) is 40.6 Å². The molecule has 24 heavy (non-hydrogen) atoms. The summed E-state index contributed by atoms with van der Waals surface area (Å²) in [6.45, 7) is 6.54. The molecular formula is C18H28N4OS. The van der Waals surface area contributed by atoms with Crippen LogP contribution in [0.1, 0.15) is 31.2 Å². The Balaban J connectivity index is 1.57. The summed E-state index contributed by atoms with van der Waals surface area (Å²) < 4.78 is 5.44. The van der Waals surface area contributed by atoms with E-state index in [2.05, 4.69) is 32.2 Å². The third kappa shape index (κ3) is 5.40. The molecule has 0 spiro atoms. The first kappa shape index (κ1) is 17.6. The van der Waals surface area contributed by atoms with E-state index in [0.717, 1.165) is 51.0 Å². The van der Waals surface area contributed by atoms with Gasteiger partial charge in [0.05, 0.1) is 13.2 Å². The molecule has 6 heteroatoms. The lowest BCUT2D eigenvalue weighted by Gasteiger charge is -2.32. The highest BCUT2D eigenvalue weighted by atomic mass is 32.1. The highest BCUT2D eigenvalue weighted by molar-refractivity contribution is 7.80.